The maximum Gasteiger partial charge on any atom is 0.244 e. The lowest BCUT2D eigenvalue weighted by atomic mass is 10.2. The van der Waals surface area contributed by atoms with Crippen molar-refractivity contribution < 1.29 is 16.8 Å². The Morgan fingerprint density at radius 2 is 1.18 bits per heavy atom. The van der Waals surface area contributed by atoms with Gasteiger partial charge in [0.05, 0.1) is 16.5 Å². The highest BCUT2D eigenvalue weighted by atomic mass is 32.2. The number of nitrogens with zero attached hydrogens (tertiary/aromatic N) is 3. The van der Waals surface area contributed by atoms with Gasteiger partial charge in [0.15, 0.2) is 0 Å². The molecule has 3 aromatic rings. The van der Waals surface area contributed by atoms with Gasteiger partial charge in [-0.15, -0.1) is 0 Å². The Labute approximate surface area is 227 Å². The van der Waals surface area contributed by atoms with E-state index in [2.05, 4.69) is 11.5 Å². The van der Waals surface area contributed by atoms with Gasteiger partial charge < -0.3 is 0 Å². The van der Waals surface area contributed by atoms with Crippen LogP contribution in [0, 0.1) is 13.8 Å². The van der Waals surface area contributed by atoms with Crippen molar-refractivity contribution in [3.05, 3.63) is 108 Å². The van der Waals surface area contributed by atoms with E-state index in [1.54, 1.807) is 48.5 Å². The van der Waals surface area contributed by atoms with E-state index in [4.69, 9.17) is 0 Å². The average molecular weight is 554 g/mol. The molecule has 1 aliphatic rings. The Morgan fingerprint density at radius 1 is 0.684 bits per heavy atom. The van der Waals surface area contributed by atoms with Crippen LogP contribution >= 0.6 is 0 Å². The first-order valence-electron chi connectivity index (χ1n) is 12.6. The molecule has 1 aliphatic heterocycles. The molecule has 3 aromatic carbocycles. The van der Waals surface area contributed by atoms with E-state index in [0.29, 0.717) is 31.6 Å². The number of hydrogen-bond donors (Lipinski definition) is 0. The molecule has 38 heavy (non-hydrogen) atoms. The molecule has 0 N–H and O–H groups in total. The molecule has 0 aromatic heterocycles. The van der Waals surface area contributed by atoms with Crippen molar-refractivity contribution in [1.82, 2.24) is 13.5 Å². The van der Waals surface area contributed by atoms with E-state index >= 15 is 0 Å². The summed E-state index contributed by atoms with van der Waals surface area (Å²) >= 11 is 0. The molecular formula is C29H35N3O4S2. The van der Waals surface area contributed by atoms with Gasteiger partial charge in [0.25, 0.3) is 0 Å². The van der Waals surface area contributed by atoms with Crippen LogP contribution in [0.5, 0.6) is 0 Å². The van der Waals surface area contributed by atoms with Gasteiger partial charge in [-0.3, -0.25) is 4.90 Å². The summed E-state index contributed by atoms with van der Waals surface area (Å²) in [5.74, 6) is 0. The molecule has 4 rings (SSSR count). The first-order chi connectivity index (χ1) is 18.1. The fourth-order valence-corrected chi connectivity index (χ4v) is 7.44. The summed E-state index contributed by atoms with van der Waals surface area (Å²) in [6.45, 7) is 9.55. The molecule has 0 unspecified atom stereocenters. The molecule has 7 nitrogen and oxygen atoms in total. The topological polar surface area (TPSA) is 78.0 Å². The predicted octanol–water partition coefficient (Wildman–Crippen LogP) is 4.40. The van der Waals surface area contributed by atoms with Gasteiger partial charge >= 0.3 is 0 Å². The normalized spacial score (nSPS) is 17.4. The van der Waals surface area contributed by atoms with Crippen LogP contribution in [0.4, 0.5) is 0 Å². The van der Waals surface area contributed by atoms with Crippen molar-refractivity contribution in [2.24, 2.45) is 0 Å². The summed E-state index contributed by atoms with van der Waals surface area (Å²) in [6.07, 6.45) is 0.545. The zero-order valence-electron chi connectivity index (χ0n) is 22.0. The third-order valence-corrected chi connectivity index (χ3v) is 10.3. The van der Waals surface area contributed by atoms with Crippen molar-refractivity contribution in [3.8, 4) is 0 Å². The summed E-state index contributed by atoms with van der Waals surface area (Å²) in [5, 5.41) is 0. The van der Waals surface area contributed by atoms with Crippen molar-refractivity contribution in [2.75, 3.05) is 32.8 Å². The molecule has 0 amide bonds. The van der Waals surface area contributed by atoms with E-state index in [9.17, 15) is 16.8 Å². The fraction of sp³-hybridized carbons (Fsp3) is 0.310. The van der Waals surface area contributed by atoms with Crippen molar-refractivity contribution in [3.63, 3.8) is 0 Å². The molecule has 0 atom stereocenters. The van der Waals surface area contributed by atoms with Crippen LogP contribution < -0.4 is 0 Å². The second-order valence-corrected chi connectivity index (χ2v) is 13.7. The second-order valence-electron chi connectivity index (χ2n) is 9.86. The summed E-state index contributed by atoms with van der Waals surface area (Å²) < 4.78 is 57.5. The molecule has 202 valence electrons. The highest BCUT2D eigenvalue weighted by Crippen LogP contribution is 2.23. The second kappa shape index (κ2) is 11.9. The lowest BCUT2D eigenvalue weighted by molar-refractivity contribution is 0.179. The van der Waals surface area contributed by atoms with Gasteiger partial charge in [0.2, 0.25) is 20.0 Å². The third-order valence-electron chi connectivity index (χ3n) is 6.61. The smallest absolute Gasteiger partial charge is 0.244 e. The van der Waals surface area contributed by atoms with Gasteiger partial charge in [0.1, 0.15) is 0 Å². The van der Waals surface area contributed by atoms with Crippen LogP contribution in [0.2, 0.25) is 0 Å². The minimum Gasteiger partial charge on any atom is -0.285 e. The minimum atomic E-state index is -3.85. The van der Waals surface area contributed by atoms with E-state index in [-0.39, 0.29) is 29.5 Å². The molecule has 0 radical (unpaired) electrons. The number of rotatable bonds is 6. The highest BCUT2D eigenvalue weighted by molar-refractivity contribution is 7.89. The summed E-state index contributed by atoms with van der Waals surface area (Å²) in [6, 6.07) is 23.4. The van der Waals surface area contributed by atoms with Crippen molar-refractivity contribution in [2.45, 2.75) is 36.6 Å². The Hall–Kier alpha value is -2.82. The predicted molar refractivity (Wildman–Crippen MR) is 150 cm³/mol. The highest BCUT2D eigenvalue weighted by Gasteiger charge is 2.31. The monoisotopic (exact) mass is 553 g/mol. The van der Waals surface area contributed by atoms with E-state index in [1.807, 2.05) is 44.2 Å². The number of benzene rings is 3. The van der Waals surface area contributed by atoms with E-state index in [0.717, 1.165) is 16.7 Å². The van der Waals surface area contributed by atoms with Crippen LogP contribution in [0.15, 0.2) is 101 Å². The first-order valence-corrected chi connectivity index (χ1v) is 15.5. The zero-order chi connectivity index (χ0) is 27.3. The lowest BCUT2D eigenvalue weighted by Crippen LogP contribution is -2.46. The SMILES string of the molecule is C=C1CN(S(=O)(=O)c2ccc(C)cc2)CCCN(Cc2ccccc2)CN(S(=O)(=O)c2ccc(C)cc2)C1. The molecule has 0 bridgehead atoms. The van der Waals surface area contributed by atoms with E-state index < -0.39 is 20.0 Å². The molecule has 1 fully saturated rings. The standard InChI is InChI=1S/C29H35N3O4S2/c1-24-10-14-28(15-11-24)37(33,34)31-19-7-18-30(22-27-8-5-4-6-9-27)23-32(21-26(3)20-31)38(35,36)29-16-12-25(2)13-17-29/h4-6,8-17H,3,7,18-23H2,1-2H3. The Balaban J connectivity index is 1.66. The molecular weight excluding hydrogens is 518 g/mol. The van der Waals surface area contributed by atoms with Crippen LogP contribution in [-0.2, 0) is 26.6 Å². The number of sulfonamides is 2. The first kappa shape index (κ1) is 28.2. The maximum absolute atomic E-state index is 13.8. The van der Waals surface area contributed by atoms with Crippen LogP contribution in [0.3, 0.4) is 0 Å². The van der Waals surface area contributed by atoms with Crippen LogP contribution in [0.25, 0.3) is 0 Å². The summed E-state index contributed by atoms with van der Waals surface area (Å²) in [4.78, 5) is 2.48. The van der Waals surface area contributed by atoms with Gasteiger partial charge in [0, 0.05) is 32.7 Å². The molecule has 0 saturated carbocycles. The van der Waals surface area contributed by atoms with Crippen LogP contribution in [-0.4, -0.2) is 63.2 Å². The van der Waals surface area contributed by atoms with Gasteiger partial charge in [-0.1, -0.05) is 72.3 Å². The zero-order valence-corrected chi connectivity index (χ0v) is 23.6. The largest absolute Gasteiger partial charge is 0.285 e. The molecule has 1 heterocycles. The number of hydrogen-bond acceptors (Lipinski definition) is 5. The average Bonchev–Trinajstić information content (AvgIpc) is 2.88. The molecule has 0 aliphatic carbocycles. The van der Waals surface area contributed by atoms with Crippen LogP contribution in [0.1, 0.15) is 23.1 Å². The third kappa shape index (κ3) is 6.78. The Bertz CT molecular complexity index is 1450. The lowest BCUT2D eigenvalue weighted by Gasteiger charge is -2.34. The van der Waals surface area contributed by atoms with Crippen molar-refractivity contribution in [1.29, 1.82) is 0 Å². The fourth-order valence-electron chi connectivity index (χ4n) is 4.50. The van der Waals surface area contributed by atoms with E-state index in [1.165, 1.54) is 8.61 Å². The Morgan fingerprint density at radius 3 is 1.74 bits per heavy atom. The molecule has 9 heteroatoms. The summed E-state index contributed by atoms with van der Waals surface area (Å²) in [7, 11) is -7.63. The summed E-state index contributed by atoms with van der Waals surface area (Å²) in [5.41, 5.74) is 3.51. The molecule has 1 saturated heterocycles. The minimum absolute atomic E-state index is 0.0153. The quantitative estimate of drug-likeness (QED) is 0.423. The van der Waals surface area contributed by atoms with Gasteiger partial charge in [-0.2, -0.15) is 8.61 Å². The van der Waals surface area contributed by atoms with Gasteiger partial charge in [-0.05, 0) is 55.7 Å². The number of aryl methyl sites for hydroxylation is 2. The maximum atomic E-state index is 13.8. The molecule has 0 spiro atoms. The van der Waals surface area contributed by atoms with Crippen molar-refractivity contribution >= 4 is 20.0 Å². The Kier molecular flexibility index (Phi) is 8.85. The van der Waals surface area contributed by atoms with Gasteiger partial charge in [-0.25, -0.2) is 16.8 Å².